The van der Waals surface area contributed by atoms with Gasteiger partial charge in [-0.3, -0.25) is 9.59 Å². The maximum Gasteiger partial charge on any atom is 0.251 e. The first-order chi connectivity index (χ1) is 24.5. The maximum absolute atomic E-state index is 13.2. The predicted octanol–water partition coefficient (Wildman–Crippen LogP) is 5.70. The van der Waals surface area contributed by atoms with E-state index in [0.717, 1.165) is 0 Å². The standard InChI is InChI=1S/C39H48ClN3O8/c1-38(2)36(39(3,4)37(38)51-32-15-12-30(27-41)33(40)26-32)43-35(45)29-10-13-31(14-11-29)50-25-24-49-23-22-48-21-20-47-19-18-46-17-16-42-34(44)28-8-6-5-7-9-28/h5-15,26,36-37H,16-25H2,1-4H3,(H,42,44)(H,43,45). The average Bonchev–Trinajstić information content (AvgIpc) is 3.12. The van der Waals surface area contributed by atoms with E-state index in [4.69, 9.17) is 45.3 Å². The number of nitrogens with zero attached hydrogens (tertiary/aromatic N) is 1. The highest BCUT2D eigenvalue weighted by atomic mass is 35.5. The Morgan fingerprint density at radius 1 is 0.706 bits per heavy atom. The van der Waals surface area contributed by atoms with Crippen LogP contribution >= 0.6 is 11.6 Å². The Morgan fingerprint density at radius 3 is 1.80 bits per heavy atom. The highest BCUT2D eigenvalue weighted by Crippen LogP contribution is 2.55. The van der Waals surface area contributed by atoms with E-state index >= 15 is 0 Å². The molecule has 0 atom stereocenters. The number of ether oxygens (including phenoxy) is 6. The molecule has 4 rings (SSSR count). The molecule has 2 amide bonds. The fourth-order valence-corrected chi connectivity index (χ4v) is 6.63. The Balaban J connectivity index is 1.01. The molecule has 0 aliphatic heterocycles. The number of benzene rings is 3. The third-order valence-electron chi connectivity index (χ3n) is 8.73. The molecule has 0 heterocycles. The van der Waals surface area contributed by atoms with Gasteiger partial charge in [-0.1, -0.05) is 57.5 Å². The second-order valence-electron chi connectivity index (χ2n) is 13.2. The smallest absolute Gasteiger partial charge is 0.251 e. The van der Waals surface area contributed by atoms with Gasteiger partial charge in [0.05, 0.1) is 63.4 Å². The van der Waals surface area contributed by atoms with E-state index in [0.29, 0.717) is 99.2 Å². The quantitative estimate of drug-likeness (QED) is 0.133. The molecule has 274 valence electrons. The van der Waals surface area contributed by atoms with Crippen LogP contribution in [0.15, 0.2) is 72.8 Å². The number of hydrogen-bond acceptors (Lipinski definition) is 9. The van der Waals surface area contributed by atoms with Crippen molar-refractivity contribution in [1.29, 1.82) is 5.26 Å². The number of hydrogen-bond donors (Lipinski definition) is 2. The Kier molecular flexibility index (Phi) is 15.1. The summed E-state index contributed by atoms with van der Waals surface area (Å²) < 4.78 is 34.1. The predicted molar refractivity (Wildman–Crippen MR) is 193 cm³/mol. The van der Waals surface area contributed by atoms with Gasteiger partial charge < -0.3 is 39.1 Å². The van der Waals surface area contributed by atoms with Crippen LogP contribution < -0.4 is 20.1 Å². The Bertz CT molecular complexity index is 1580. The second kappa shape index (κ2) is 19.4. The molecule has 11 nitrogen and oxygen atoms in total. The number of nitrogens with one attached hydrogen (secondary N) is 2. The van der Waals surface area contributed by atoms with Crippen molar-refractivity contribution in [3.63, 3.8) is 0 Å². The van der Waals surface area contributed by atoms with Gasteiger partial charge in [-0.25, -0.2) is 0 Å². The maximum atomic E-state index is 13.2. The molecule has 12 heteroatoms. The molecule has 3 aromatic rings. The third-order valence-corrected chi connectivity index (χ3v) is 9.04. The summed E-state index contributed by atoms with van der Waals surface area (Å²) >= 11 is 6.20. The Hall–Kier alpha value is -4.18. The normalized spacial score (nSPS) is 17.1. The lowest BCUT2D eigenvalue weighted by Gasteiger charge is -2.63. The van der Waals surface area contributed by atoms with E-state index in [1.54, 1.807) is 54.6 Å². The van der Waals surface area contributed by atoms with Crippen LogP contribution in [0.5, 0.6) is 11.5 Å². The topological polar surface area (TPSA) is 137 Å². The van der Waals surface area contributed by atoms with Crippen molar-refractivity contribution in [3.05, 3.63) is 94.5 Å². The van der Waals surface area contributed by atoms with E-state index in [2.05, 4.69) is 44.4 Å². The molecule has 0 spiro atoms. The van der Waals surface area contributed by atoms with Crippen LogP contribution in [0.25, 0.3) is 0 Å². The minimum atomic E-state index is -0.358. The summed E-state index contributed by atoms with van der Waals surface area (Å²) in [5, 5.41) is 15.5. The lowest BCUT2D eigenvalue weighted by molar-refractivity contribution is -0.164. The SMILES string of the molecule is CC1(C)C(NC(=O)c2ccc(OCCOCCOCCOCCOCCNC(=O)c3ccccc3)cc2)C(C)(C)C1Oc1ccc(C#N)c(Cl)c1. The van der Waals surface area contributed by atoms with Gasteiger partial charge in [0, 0.05) is 40.6 Å². The Morgan fingerprint density at radius 2 is 1.24 bits per heavy atom. The van der Waals surface area contributed by atoms with Crippen LogP contribution in [-0.4, -0.2) is 90.0 Å². The Labute approximate surface area is 305 Å². The van der Waals surface area contributed by atoms with Crippen LogP contribution in [0.2, 0.25) is 5.02 Å². The van der Waals surface area contributed by atoms with Gasteiger partial charge in [-0.05, 0) is 48.5 Å². The van der Waals surface area contributed by atoms with Gasteiger partial charge in [0.15, 0.2) is 0 Å². The first kappa shape index (κ1) is 39.6. The third kappa shape index (κ3) is 11.4. The minimum Gasteiger partial charge on any atom is -0.491 e. The number of nitriles is 1. The summed E-state index contributed by atoms with van der Waals surface area (Å²) in [4.78, 5) is 25.1. The van der Waals surface area contributed by atoms with Gasteiger partial charge in [-0.2, -0.15) is 5.26 Å². The summed E-state index contributed by atoms with van der Waals surface area (Å²) in [5.74, 6) is 0.941. The van der Waals surface area contributed by atoms with E-state index in [-0.39, 0.29) is 34.8 Å². The number of rotatable bonds is 21. The molecule has 2 N–H and O–H groups in total. The van der Waals surface area contributed by atoms with Crippen molar-refractivity contribution in [3.8, 4) is 17.6 Å². The van der Waals surface area contributed by atoms with Crippen LogP contribution in [0.3, 0.4) is 0 Å². The average molecular weight is 722 g/mol. The molecule has 0 aromatic heterocycles. The van der Waals surface area contributed by atoms with E-state index < -0.39 is 0 Å². The summed E-state index contributed by atoms with van der Waals surface area (Å²) in [5.41, 5.74) is 0.838. The van der Waals surface area contributed by atoms with Gasteiger partial charge in [0.25, 0.3) is 11.8 Å². The molecular formula is C39H48ClN3O8. The second-order valence-corrected chi connectivity index (χ2v) is 13.7. The van der Waals surface area contributed by atoms with Gasteiger partial charge in [0.1, 0.15) is 30.3 Å². The van der Waals surface area contributed by atoms with Crippen LogP contribution in [-0.2, 0) is 18.9 Å². The molecule has 0 unspecified atom stereocenters. The lowest BCUT2D eigenvalue weighted by atomic mass is 9.49. The van der Waals surface area contributed by atoms with Crippen molar-refractivity contribution in [2.45, 2.75) is 39.8 Å². The number of carbonyl (C=O) groups is 2. The first-order valence-corrected chi connectivity index (χ1v) is 17.5. The molecule has 0 radical (unpaired) electrons. The molecule has 0 bridgehead atoms. The van der Waals surface area contributed by atoms with Crippen molar-refractivity contribution < 1.29 is 38.0 Å². The summed E-state index contributed by atoms with van der Waals surface area (Å²) in [6.45, 7) is 12.5. The van der Waals surface area contributed by atoms with Crippen molar-refractivity contribution >= 4 is 23.4 Å². The molecule has 1 aliphatic carbocycles. The zero-order valence-electron chi connectivity index (χ0n) is 29.7. The number of carbonyl (C=O) groups excluding carboxylic acids is 2. The number of amides is 2. The van der Waals surface area contributed by atoms with Crippen LogP contribution in [0.1, 0.15) is 54.0 Å². The van der Waals surface area contributed by atoms with Crippen molar-refractivity contribution in [1.82, 2.24) is 10.6 Å². The fraction of sp³-hybridized carbons (Fsp3) is 0.462. The zero-order chi connectivity index (χ0) is 36.7. The molecule has 3 aromatic carbocycles. The summed E-state index contributed by atoms with van der Waals surface area (Å²) in [7, 11) is 0. The van der Waals surface area contributed by atoms with E-state index in [9.17, 15) is 9.59 Å². The van der Waals surface area contributed by atoms with Crippen molar-refractivity contribution in [2.75, 3.05) is 66.0 Å². The highest BCUT2D eigenvalue weighted by Gasteiger charge is 2.64. The molecule has 0 saturated heterocycles. The number of halogens is 1. The van der Waals surface area contributed by atoms with Crippen molar-refractivity contribution in [2.24, 2.45) is 10.8 Å². The first-order valence-electron chi connectivity index (χ1n) is 17.1. The highest BCUT2D eigenvalue weighted by molar-refractivity contribution is 6.31. The zero-order valence-corrected chi connectivity index (χ0v) is 30.5. The largest absolute Gasteiger partial charge is 0.491 e. The van der Waals surface area contributed by atoms with Gasteiger partial charge in [-0.15, -0.1) is 0 Å². The van der Waals surface area contributed by atoms with Crippen LogP contribution in [0.4, 0.5) is 0 Å². The van der Waals surface area contributed by atoms with E-state index in [1.165, 1.54) is 0 Å². The minimum absolute atomic E-state index is 0.118. The molecule has 1 aliphatic rings. The summed E-state index contributed by atoms with van der Waals surface area (Å²) in [6, 6.07) is 23.0. The van der Waals surface area contributed by atoms with E-state index in [1.807, 2.05) is 18.2 Å². The molecular weight excluding hydrogens is 674 g/mol. The molecule has 1 fully saturated rings. The molecule has 51 heavy (non-hydrogen) atoms. The van der Waals surface area contributed by atoms with Gasteiger partial charge >= 0.3 is 0 Å². The summed E-state index contributed by atoms with van der Waals surface area (Å²) in [6.07, 6.45) is -0.186. The molecule has 1 saturated carbocycles. The van der Waals surface area contributed by atoms with Gasteiger partial charge in [0.2, 0.25) is 0 Å². The monoisotopic (exact) mass is 721 g/mol. The fourth-order valence-electron chi connectivity index (χ4n) is 6.42. The van der Waals surface area contributed by atoms with Crippen LogP contribution in [0, 0.1) is 22.2 Å². The lowest BCUT2D eigenvalue weighted by Crippen LogP contribution is -2.74.